The minimum Gasteiger partial charge on any atom is -0.466 e. The predicted molar refractivity (Wildman–Crippen MR) is 102 cm³/mol. The van der Waals surface area contributed by atoms with Crippen LogP contribution < -0.4 is 4.90 Å². The summed E-state index contributed by atoms with van der Waals surface area (Å²) in [5.74, 6) is -0.360. The summed E-state index contributed by atoms with van der Waals surface area (Å²) in [5.41, 5.74) is 0.639. The number of ether oxygens (including phenoxy) is 1. The molecule has 2 amide bonds. The van der Waals surface area contributed by atoms with E-state index >= 15 is 0 Å². The van der Waals surface area contributed by atoms with Crippen LogP contribution >= 0.6 is 11.6 Å². The molecule has 3 rings (SSSR count). The summed E-state index contributed by atoms with van der Waals surface area (Å²) in [7, 11) is 0. The lowest BCUT2D eigenvalue weighted by Gasteiger charge is -2.25. The monoisotopic (exact) mass is 392 g/mol. The molecule has 0 N–H and O–H groups in total. The first-order chi connectivity index (χ1) is 13.0. The molecule has 0 radical (unpaired) electrons. The number of hydrogen-bond acceptors (Lipinski definition) is 4. The summed E-state index contributed by atoms with van der Waals surface area (Å²) in [6, 6.07) is 7.15. The van der Waals surface area contributed by atoms with E-state index in [1.165, 1.54) is 0 Å². The van der Waals surface area contributed by atoms with Crippen molar-refractivity contribution in [1.82, 2.24) is 4.90 Å². The van der Waals surface area contributed by atoms with Gasteiger partial charge in [-0.25, -0.2) is 0 Å². The van der Waals surface area contributed by atoms with Crippen LogP contribution in [0.3, 0.4) is 0 Å². The van der Waals surface area contributed by atoms with E-state index in [1.54, 1.807) is 28.9 Å². The summed E-state index contributed by atoms with van der Waals surface area (Å²) < 4.78 is 4.97. The molecule has 1 aliphatic carbocycles. The topological polar surface area (TPSA) is 66.9 Å². The Labute approximate surface area is 164 Å². The molecule has 1 heterocycles. The Hall–Kier alpha value is -2.08. The highest BCUT2D eigenvalue weighted by Gasteiger charge is 2.39. The Kier molecular flexibility index (Phi) is 6.37. The second-order valence-electron chi connectivity index (χ2n) is 7.14. The quantitative estimate of drug-likeness (QED) is 0.638. The lowest BCUT2D eigenvalue weighted by Crippen LogP contribution is -2.40. The molecule has 6 nitrogen and oxygen atoms in total. The molecule has 2 fully saturated rings. The predicted octanol–water partition coefficient (Wildman–Crippen LogP) is 2.88. The summed E-state index contributed by atoms with van der Waals surface area (Å²) >= 11 is 6.21. The van der Waals surface area contributed by atoms with Crippen molar-refractivity contribution in [3.63, 3.8) is 0 Å². The van der Waals surface area contributed by atoms with E-state index in [0.717, 1.165) is 12.8 Å². The molecule has 0 spiro atoms. The van der Waals surface area contributed by atoms with Crippen molar-refractivity contribution in [2.75, 3.05) is 31.1 Å². The molecule has 1 saturated heterocycles. The summed E-state index contributed by atoms with van der Waals surface area (Å²) in [5, 5.41) is 0.496. The molecule has 1 saturated carbocycles. The molecule has 27 heavy (non-hydrogen) atoms. The molecule has 2 aliphatic rings. The Morgan fingerprint density at radius 3 is 2.70 bits per heavy atom. The van der Waals surface area contributed by atoms with Gasteiger partial charge in [0.15, 0.2) is 0 Å². The maximum absolute atomic E-state index is 13.0. The van der Waals surface area contributed by atoms with Crippen molar-refractivity contribution >= 4 is 35.1 Å². The van der Waals surface area contributed by atoms with Crippen LogP contribution in [-0.2, 0) is 19.1 Å². The molecular weight excluding hydrogens is 368 g/mol. The number of rotatable bonds is 8. The lowest BCUT2D eigenvalue weighted by molar-refractivity contribution is -0.144. The van der Waals surface area contributed by atoms with Gasteiger partial charge in [-0.05, 0) is 37.8 Å². The van der Waals surface area contributed by atoms with Gasteiger partial charge in [0.1, 0.15) is 0 Å². The molecule has 0 unspecified atom stereocenters. The number of carbonyl (C=O) groups excluding carboxylic acids is 3. The number of anilines is 1. The van der Waals surface area contributed by atoms with Crippen molar-refractivity contribution < 1.29 is 19.1 Å². The summed E-state index contributed by atoms with van der Waals surface area (Å²) in [6.07, 6.45) is 2.57. The Bertz CT molecular complexity index is 720. The van der Waals surface area contributed by atoms with Gasteiger partial charge in [-0.3, -0.25) is 14.4 Å². The average Bonchev–Trinajstić information content (AvgIpc) is 3.39. The first-order valence-corrected chi connectivity index (χ1v) is 9.86. The molecule has 0 aromatic heterocycles. The molecule has 7 heteroatoms. The van der Waals surface area contributed by atoms with E-state index in [4.69, 9.17) is 16.3 Å². The largest absolute Gasteiger partial charge is 0.466 e. The minimum atomic E-state index is -0.408. The van der Waals surface area contributed by atoms with Gasteiger partial charge in [-0.2, -0.15) is 0 Å². The first-order valence-electron chi connectivity index (χ1n) is 9.49. The van der Waals surface area contributed by atoms with Gasteiger partial charge < -0.3 is 14.5 Å². The van der Waals surface area contributed by atoms with Crippen LogP contribution in [0.15, 0.2) is 24.3 Å². The average molecular weight is 393 g/mol. The van der Waals surface area contributed by atoms with Crippen LogP contribution in [0.2, 0.25) is 5.02 Å². The van der Waals surface area contributed by atoms with E-state index in [-0.39, 0.29) is 30.6 Å². The van der Waals surface area contributed by atoms with Gasteiger partial charge in [-0.15, -0.1) is 0 Å². The van der Waals surface area contributed by atoms with Crippen LogP contribution in [-0.4, -0.2) is 48.9 Å². The molecule has 0 bridgehead atoms. The Balaban J connectivity index is 1.65. The second-order valence-corrected chi connectivity index (χ2v) is 7.55. The molecule has 1 aromatic rings. The summed E-state index contributed by atoms with van der Waals surface area (Å²) in [6.45, 7) is 3.40. The number of nitrogens with zero attached hydrogens (tertiary/aromatic N) is 2. The number of benzene rings is 1. The van der Waals surface area contributed by atoms with Crippen molar-refractivity contribution in [2.45, 2.75) is 32.6 Å². The number of esters is 1. The molecular formula is C20H25ClN2O4. The maximum atomic E-state index is 13.0. The van der Waals surface area contributed by atoms with E-state index in [1.807, 2.05) is 12.1 Å². The van der Waals surface area contributed by atoms with Gasteiger partial charge in [0, 0.05) is 26.1 Å². The third-order valence-corrected chi connectivity index (χ3v) is 5.32. The SMILES string of the molecule is CCOC(=O)CCN(CC1CC1)C(=O)[C@@H]1CC(=O)N(c2ccccc2Cl)C1. The normalized spacial score (nSPS) is 19.3. The lowest BCUT2D eigenvalue weighted by atomic mass is 10.1. The van der Waals surface area contributed by atoms with Gasteiger partial charge in [-0.1, -0.05) is 23.7 Å². The smallest absolute Gasteiger partial charge is 0.307 e. The molecule has 1 aliphatic heterocycles. The number of hydrogen-bond donors (Lipinski definition) is 0. The minimum absolute atomic E-state index is 0.0610. The van der Waals surface area contributed by atoms with Gasteiger partial charge in [0.2, 0.25) is 11.8 Å². The van der Waals surface area contributed by atoms with Crippen molar-refractivity contribution in [1.29, 1.82) is 0 Å². The highest BCUT2D eigenvalue weighted by molar-refractivity contribution is 6.33. The highest BCUT2D eigenvalue weighted by atomic mass is 35.5. The fourth-order valence-corrected chi connectivity index (χ4v) is 3.64. The van der Waals surface area contributed by atoms with E-state index in [2.05, 4.69) is 0 Å². The Morgan fingerprint density at radius 2 is 2.04 bits per heavy atom. The van der Waals surface area contributed by atoms with Crippen molar-refractivity contribution in [3.8, 4) is 0 Å². The van der Waals surface area contributed by atoms with Crippen LogP contribution in [0.5, 0.6) is 0 Å². The fourth-order valence-electron chi connectivity index (χ4n) is 3.40. The Morgan fingerprint density at radius 1 is 1.30 bits per heavy atom. The third-order valence-electron chi connectivity index (χ3n) is 5.00. The van der Waals surface area contributed by atoms with Gasteiger partial charge in [0.25, 0.3) is 0 Å². The van der Waals surface area contributed by atoms with Crippen molar-refractivity contribution in [3.05, 3.63) is 29.3 Å². The summed E-state index contributed by atoms with van der Waals surface area (Å²) in [4.78, 5) is 40.5. The fraction of sp³-hybridized carbons (Fsp3) is 0.550. The second kappa shape index (κ2) is 8.74. The molecule has 1 atom stereocenters. The van der Waals surface area contributed by atoms with Gasteiger partial charge in [0.05, 0.1) is 29.7 Å². The van der Waals surface area contributed by atoms with E-state index in [0.29, 0.717) is 42.9 Å². The zero-order chi connectivity index (χ0) is 19.4. The van der Waals surface area contributed by atoms with Gasteiger partial charge >= 0.3 is 5.97 Å². The highest BCUT2D eigenvalue weighted by Crippen LogP contribution is 2.33. The zero-order valence-corrected chi connectivity index (χ0v) is 16.3. The number of para-hydroxylation sites is 1. The maximum Gasteiger partial charge on any atom is 0.307 e. The van der Waals surface area contributed by atoms with Crippen LogP contribution in [0.4, 0.5) is 5.69 Å². The van der Waals surface area contributed by atoms with Crippen LogP contribution in [0.1, 0.15) is 32.6 Å². The van der Waals surface area contributed by atoms with E-state index < -0.39 is 5.92 Å². The molecule has 1 aromatic carbocycles. The molecule has 146 valence electrons. The number of amides is 2. The standard InChI is InChI=1S/C20H25ClN2O4/c1-2-27-19(25)9-10-22(12-14-7-8-14)20(26)15-11-18(24)23(13-15)17-6-4-3-5-16(17)21/h3-6,14-15H,2,7-13H2,1H3/t15-/m1/s1. The van der Waals surface area contributed by atoms with Crippen LogP contribution in [0.25, 0.3) is 0 Å². The zero-order valence-electron chi connectivity index (χ0n) is 15.5. The van der Waals surface area contributed by atoms with Crippen molar-refractivity contribution in [2.24, 2.45) is 11.8 Å². The third kappa shape index (κ3) is 5.01. The first kappa shape index (κ1) is 19.7. The van der Waals surface area contributed by atoms with Crippen LogP contribution in [0, 0.1) is 11.8 Å². The number of carbonyl (C=O) groups is 3. The van der Waals surface area contributed by atoms with E-state index in [9.17, 15) is 14.4 Å². The number of halogens is 1.